The number of rotatable bonds is 7. The van der Waals surface area contributed by atoms with Gasteiger partial charge in [-0.15, -0.1) is 0 Å². The lowest BCUT2D eigenvalue weighted by atomic mass is 10.0. The molecule has 6 nitrogen and oxygen atoms in total. The fourth-order valence-electron chi connectivity index (χ4n) is 3.47. The zero-order valence-corrected chi connectivity index (χ0v) is 18.9. The van der Waals surface area contributed by atoms with Crippen LogP contribution in [0.4, 0.5) is 11.4 Å². The summed E-state index contributed by atoms with van der Waals surface area (Å²) in [6, 6.07) is 29.3. The molecule has 0 bridgehead atoms. The smallest absolute Gasteiger partial charge is 0.255 e. The van der Waals surface area contributed by atoms with Crippen LogP contribution in [0.3, 0.4) is 0 Å². The van der Waals surface area contributed by atoms with Gasteiger partial charge in [-0.1, -0.05) is 42.5 Å². The molecular weight excluding hydrogens is 428 g/mol. The summed E-state index contributed by atoms with van der Waals surface area (Å²) in [5.74, 6) is 0.539. The standard InChI is InChI=1S/C28H24N2O4/c1-33-25-17-12-22(18-26(25)34-2)28(32)30-24-15-13-23(14-16-24)29-27(31)21-10-8-20(9-11-21)19-6-4-3-5-7-19/h3-18H,1-2H3,(H,29,31)(H,30,32). The van der Waals surface area contributed by atoms with E-state index in [-0.39, 0.29) is 11.8 Å². The lowest BCUT2D eigenvalue weighted by Gasteiger charge is -2.11. The van der Waals surface area contributed by atoms with Crippen molar-refractivity contribution in [3.8, 4) is 22.6 Å². The molecule has 0 spiro atoms. The van der Waals surface area contributed by atoms with Crippen LogP contribution in [0.2, 0.25) is 0 Å². The molecule has 34 heavy (non-hydrogen) atoms. The molecule has 0 saturated carbocycles. The van der Waals surface area contributed by atoms with Gasteiger partial charge in [0.1, 0.15) is 0 Å². The number of amides is 2. The SMILES string of the molecule is COc1ccc(C(=O)Nc2ccc(NC(=O)c3ccc(-c4ccccc4)cc3)cc2)cc1OC. The Bertz CT molecular complexity index is 1280. The summed E-state index contributed by atoms with van der Waals surface area (Å²) in [4.78, 5) is 25.2. The van der Waals surface area contributed by atoms with E-state index in [4.69, 9.17) is 9.47 Å². The zero-order chi connectivity index (χ0) is 23.9. The van der Waals surface area contributed by atoms with Crippen LogP contribution in [0.5, 0.6) is 11.5 Å². The van der Waals surface area contributed by atoms with Gasteiger partial charge in [0.25, 0.3) is 11.8 Å². The van der Waals surface area contributed by atoms with E-state index >= 15 is 0 Å². The normalized spacial score (nSPS) is 10.3. The molecule has 0 aromatic heterocycles. The van der Waals surface area contributed by atoms with Crippen molar-refractivity contribution in [3.63, 3.8) is 0 Å². The predicted octanol–water partition coefficient (Wildman–Crippen LogP) is 5.88. The molecule has 0 saturated heterocycles. The molecule has 4 aromatic carbocycles. The highest BCUT2D eigenvalue weighted by molar-refractivity contribution is 6.06. The third-order valence-electron chi connectivity index (χ3n) is 5.30. The Morgan fingerprint density at radius 2 is 1.06 bits per heavy atom. The Balaban J connectivity index is 1.38. The first-order valence-electron chi connectivity index (χ1n) is 10.7. The van der Waals surface area contributed by atoms with E-state index in [0.29, 0.717) is 34.0 Å². The van der Waals surface area contributed by atoms with Gasteiger partial charge in [-0.3, -0.25) is 9.59 Å². The number of methoxy groups -OCH3 is 2. The largest absolute Gasteiger partial charge is 0.493 e. The number of benzene rings is 4. The summed E-state index contributed by atoms with van der Waals surface area (Å²) < 4.78 is 10.5. The molecule has 0 unspecified atom stereocenters. The number of nitrogens with one attached hydrogen (secondary N) is 2. The fraction of sp³-hybridized carbons (Fsp3) is 0.0714. The van der Waals surface area contributed by atoms with Crippen LogP contribution in [0.25, 0.3) is 11.1 Å². The van der Waals surface area contributed by atoms with E-state index in [2.05, 4.69) is 10.6 Å². The van der Waals surface area contributed by atoms with Crippen molar-refractivity contribution in [3.05, 3.63) is 108 Å². The maximum absolute atomic E-state index is 12.6. The molecule has 0 atom stereocenters. The topological polar surface area (TPSA) is 76.7 Å². The van der Waals surface area contributed by atoms with Gasteiger partial charge < -0.3 is 20.1 Å². The molecular formula is C28H24N2O4. The maximum Gasteiger partial charge on any atom is 0.255 e. The fourth-order valence-corrected chi connectivity index (χ4v) is 3.47. The Kier molecular flexibility index (Phi) is 6.89. The van der Waals surface area contributed by atoms with Gasteiger partial charge in [0.2, 0.25) is 0 Å². The minimum atomic E-state index is -0.281. The van der Waals surface area contributed by atoms with E-state index in [1.165, 1.54) is 14.2 Å². The number of carbonyl (C=O) groups is 2. The summed E-state index contributed by atoms with van der Waals surface area (Å²) in [6.45, 7) is 0. The van der Waals surface area contributed by atoms with E-state index in [9.17, 15) is 9.59 Å². The molecule has 0 aliphatic heterocycles. The summed E-state index contributed by atoms with van der Waals surface area (Å²) in [7, 11) is 3.06. The Labute approximate surface area is 198 Å². The average molecular weight is 453 g/mol. The van der Waals surface area contributed by atoms with Crippen molar-refractivity contribution < 1.29 is 19.1 Å². The quantitative estimate of drug-likeness (QED) is 0.367. The monoisotopic (exact) mass is 452 g/mol. The van der Waals surface area contributed by atoms with E-state index in [1.54, 1.807) is 54.6 Å². The molecule has 2 N–H and O–H groups in total. The number of hydrogen-bond donors (Lipinski definition) is 2. The van der Waals surface area contributed by atoms with Crippen molar-refractivity contribution in [2.75, 3.05) is 24.9 Å². The van der Waals surface area contributed by atoms with E-state index in [1.807, 2.05) is 42.5 Å². The second-order valence-corrected chi connectivity index (χ2v) is 7.50. The van der Waals surface area contributed by atoms with Gasteiger partial charge in [-0.2, -0.15) is 0 Å². The van der Waals surface area contributed by atoms with Crippen LogP contribution >= 0.6 is 0 Å². The lowest BCUT2D eigenvalue weighted by Crippen LogP contribution is -2.13. The Morgan fingerprint density at radius 3 is 1.62 bits per heavy atom. The molecule has 170 valence electrons. The highest BCUT2D eigenvalue weighted by Gasteiger charge is 2.12. The third-order valence-corrected chi connectivity index (χ3v) is 5.30. The van der Waals surface area contributed by atoms with Crippen molar-refractivity contribution in [2.45, 2.75) is 0 Å². The average Bonchev–Trinajstić information content (AvgIpc) is 2.90. The van der Waals surface area contributed by atoms with Crippen molar-refractivity contribution in [1.82, 2.24) is 0 Å². The van der Waals surface area contributed by atoms with Crippen LogP contribution in [-0.4, -0.2) is 26.0 Å². The van der Waals surface area contributed by atoms with Gasteiger partial charge in [0.05, 0.1) is 14.2 Å². The molecule has 4 aromatic rings. The van der Waals surface area contributed by atoms with E-state index < -0.39 is 0 Å². The first kappa shape index (κ1) is 22.6. The predicted molar refractivity (Wildman–Crippen MR) is 134 cm³/mol. The van der Waals surface area contributed by atoms with Gasteiger partial charge >= 0.3 is 0 Å². The minimum absolute atomic E-state index is 0.207. The van der Waals surface area contributed by atoms with Crippen LogP contribution < -0.4 is 20.1 Å². The number of anilines is 2. The second kappa shape index (κ2) is 10.4. The van der Waals surface area contributed by atoms with Gasteiger partial charge in [0, 0.05) is 22.5 Å². The number of hydrogen-bond acceptors (Lipinski definition) is 4. The Morgan fingerprint density at radius 1 is 0.559 bits per heavy atom. The third kappa shape index (κ3) is 5.24. The van der Waals surface area contributed by atoms with Crippen LogP contribution in [-0.2, 0) is 0 Å². The molecule has 4 rings (SSSR count). The molecule has 0 aliphatic carbocycles. The van der Waals surface area contributed by atoms with Gasteiger partial charge in [0.15, 0.2) is 11.5 Å². The van der Waals surface area contributed by atoms with Crippen molar-refractivity contribution in [2.24, 2.45) is 0 Å². The number of ether oxygens (including phenoxy) is 2. The molecule has 0 heterocycles. The summed E-state index contributed by atoms with van der Waals surface area (Å²) in [5.41, 5.74) is 4.37. The van der Waals surface area contributed by atoms with Crippen molar-refractivity contribution >= 4 is 23.2 Å². The van der Waals surface area contributed by atoms with Gasteiger partial charge in [-0.05, 0) is 65.7 Å². The number of carbonyl (C=O) groups excluding carboxylic acids is 2. The van der Waals surface area contributed by atoms with Gasteiger partial charge in [-0.25, -0.2) is 0 Å². The van der Waals surface area contributed by atoms with Crippen molar-refractivity contribution in [1.29, 1.82) is 0 Å². The molecule has 0 aliphatic rings. The molecule has 6 heteroatoms. The van der Waals surface area contributed by atoms with Crippen LogP contribution in [0.15, 0.2) is 97.1 Å². The lowest BCUT2D eigenvalue weighted by molar-refractivity contribution is 0.101. The van der Waals surface area contributed by atoms with Crippen LogP contribution in [0, 0.1) is 0 Å². The van der Waals surface area contributed by atoms with Crippen LogP contribution in [0.1, 0.15) is 20.7 Å². The maximum atomic E-state index is 12.6. The highest BCUT2D eigenvalue weighted by atomic mass is 16.5. The second-order valence-electron chi connectivity index (χ2n) is 7.50. The first-order valence-corrected chi connectivity index (χ1v) is 10.7. The highest BCUT2D eigenvalue weighted by Crippen LogP contribution is 2.28. The zero-order valence-electron chi connectivity index (χ0n) is 18.9. The summed E-state index contributed by atoms with van der Waals surface area (Å²) >= 11 is 0. The minimum Gasteiger partial charge on any atom is -0.493 e. The molecule has 0 radical (unpaired) electrons. The first-order chi connectivity index (χ1) is 16.6. The molecule has 0 fully saturated rings. The summed E-state index contributed by atoms with van der Waals surface area (Å²) in [5, 5.41) is 5.71. The summed E-state index contributed by atoms with van der Waals surface area (Å²) in [6.07, 6.45) is 0. The van der Waals surface area contributed by atoms with E-state index in [0.717, 1.165) is 11.1 Å². The Hall–Kier alpha value is -4.58. The molecule has 2 amide bonds.